The third-order valence-corrected chi connectivity index (χ3v) is 6.18. The first-order chi connectivity index (χ1) is 8.76. The molecule has 0 nitrogen and oxygen atoms in total. The van der Waals surface area contributed by atoms with Gasteiger partial charge in [0.25, 0.3) is 0 Å². The Morgan fingerprint density at radius 1 is 1.17 bits per heavy atom. The molecule has 1 aromatic carbocycles. The summed E-state index contributed by atoms with van der Waals surface area (Å²) in [6, 6.07) is 8.75. The zero-order valence-electron chi connectivity index (χ0n) is 11.3. The standard InChI is InChI=1S/C16H24S2/c1-14-7-3-4-8-15(14)11-18-13-16(12-17)9-5-2-6-10-16/h3-4,7-8,17H,2,5-6,9-13H2,1H3. The molecule has 1 fully saturated rings. The van der Waals surface area contributed by atoms with Gasteiger partial charge in [0.1, 0.15) is 0 Å². The van der Waals surface area contributed by atoms with Gasteiger partial charge in [-0.3, -0.25) is 0 Å². The zero-order valence-corrected chi connectivity index (χ0v) is 13.0. The number of benzene rings is 1. The van der Waals surface area contributed by atoms with Crippen LogP contribution in [0.2, 0.25) is 0 Å². The molecule has 0 saturated heterocycles. The molecule has 1 aromatic rings. The lowest BCUT2D eigenvalue weighted by Crippen LogP contribution is -2.28. The monoisotopic (exact) mass is 280 g/mol. The summed E-state index contributed by atoms with van der Waals surface area (Å²) < 4.78 is 0. The van der Waals surface area contributed by atoms with Gasteiger partial charge in [0.15, 0.2) is 0 Å². The molecule has 18 heavy (non-hydrogen) atoms. The van der Waals surface area contributed by atoms with E-state index in [1.807, 2.05) is 0 Å². The minimum atomic E-state index is 0.523. The summed E-state index contributed by atoms with van der Waals surface area (Å²) in [4.78, 5) is 0. The summed E-state index contributed by atoms with van der Waals surface area (Å²) in [5.41, 5.74) is 3.44. The van der Waals surface area contributed by atoms with Crippen LogP contribution >= 0.6 is 24.4 Å². The van der Waals surface area contributed by atoms with E-state index in [0.29, 0.717) is 5.41 Å². The number of rotatable bonds is 5. The molecule has 0 radical (unpaired) electrons. The highest BCUT2D eigenvalue weighted by Gasteiger charge is 2.30. The second kappa shape index (κ2) is 6.91. The fourth-order valence-corrected chi connectivity index (χ4v) is 4.85. The van der Waals surface area contributed by atoms with Gasteiger partial charge >= 0.3 is 0 Å². The van der Waals surface area contributed by atoms with E-state index in [-0.39, 0.29) is 0 Å². The summed E-state index contributed by atoms with van der Waals surface area (Å²) in [5.74, 6) is 3.50. The Bertz CT molecular complexity index is 367. The van der Waals surface area contributed by atoms with Crippen molar-refractivity contribution in [2.75, 3.05) is 11.5 Å². The van der Waals surface area contributed by atoms with E-state index in [1.165, 1.54) is 49.0 Å². The number of hydrogen-bond acceptors (Lipinski definition) is 2. The third kappa shape index (κ3) is 3.71. The van der Waals surface area contributed by atoms with Gasteiger partial charge in [0.2, 0.25) is 0 Å². The molecule has 0 atom stereocenters. The van der Waals surface area contributed by atoms with Crippen molar-refractivity contribution in [2.45, 2.75) is 44.8 Å². The highest BCUT2D eigenvalue weighted by molar-refractivity contribution is 7.98. The maximum absolute atomic E-state index is 4.62. The average Bonchev–Trinajstić information content (AvgIpc) is 2.42. The second-order valence-electron chi connectivity index (χ2n) is 5.64. The molecular formula is C16H24S2. The maximum Gasteiger partial charge on any atom is 0.0187 e. The van der Waals surface area contributed by atoms with E-state index >= 15 is 0 Å². The first-order valence-electron chi connectivity index (χ1n) is 6.99. The molecule has 0 heterocycles. The molecular weight excluding hydrogens is 256 g/mol. The van der Waals surface area contributed by atoms with Crippen LogP contribution in [0.15, 0.2) is 24.3 Å². The Balaban J connectivity index is 1.85. The van der Waals surface area contributed by atoms with Gasteiger partial charge in [0.05, 0.1) is 0 Å². The Hall–Kier alpha value is -0.0800. The number of thioether (sulfide) groups is 1. The van der Waals surface area contributed by atoms with Crippen LogP contribution in [-0.4, -0.2) is 11.5 Å². The van der Waals surface area contributed by atoms with Crippen LogP contribution in [0.1, 0.15) is 43.2 Å². The number of aryl methyl sites for hydroxylation is 1. The summed E-state index contributed by atoms with van der Waals surface area (Å²) in [6.07, 6.45) is 7.02. The van der Waals surface area contributed by atoms with Crippen LogP contribution in [0.25, 0.3) is 0 Å². The van der Waals surface area contributed by atoms with Crippen LogP contribution < -0.4 is 0 Å². The van der Waals surface area contributed by atoms with Gasteiger partial charge in [-0.25, -0.2) is 0 Å². The maximum atomic E-state index is 4.62. The molecule has 1 saturated carbocycles. The molecule has 1 aliphatic rings. The Morgan fingerprint density at radius 3 is 2.56 bits per heavy atom. The van der Waals surface area contributed by atoms with Crippen molar-refractivity contribution in [1.82, 2.24) is 0 Å². The van der Waals surface area contributed by atoms with E-state index in [1.54, 1.807) is 0 Å². The topological polar surface area (TPSA) is 0 Å². The predicted octanol–water partition coefficient (Wildman–Crippen LogP) is 5.11. The summed E-state index contributed by atoms with van der Waals surface area (Å²) in [5, 5.41) is 0. The van der Waals surface area contributed by atoms with Crippen LogP contribution in [0.4, 0.5) is 0 Å². The SMILES string of the molecule is Cc1ccccc1CSCC1(CS)CCCCC1. The molecule has 0 aromatic heterocycles. The van der Waals surface area contributed by atoms with Crippen molar-refractivity contribution >= 4 is 24.4 Å². The second-order valence-corrected chi connectivity index (χ2v) is 6.94. The van der Waals surface area contributed by atoms with Crippen LogP contribution in [0.5, 0.6) is 0 Å². The largest absolute Gasteiger partial charge is 0.179 e. The minimum Gasteiger partial charge on any atom is -0.179 e. The van der Waals surface area contributed by atoms with Gasteiger partial charge in [-0.2, -0.15) is 24.4 Å². The van der Waals surface area contributed by atoms with E-state index in [2.05, 4.69) is 55.6 Å². The van der Waals surface area contributed by atoms with E-state index < -0.39 is 0 Å². The molecule has 0 aliphatic heterocycles. The molecule has 2 heteroatoms. The molecule has 0 bridgehead atoms. The van der Waals surface area contributed by atoms with E-state index in [9.17, 15) is 0 Å². The smallest absolute Gasteiger partial charge is 0.0187 e. The first kappa shape index (κ1) is 14.3. The van der Waals surface area contributed by atoms with Crippen molar-refractivity contribution in [3.63, 3.8) is 0 Å². The Labute approximate surface area is 121 Å². The third-order valence-electron chi connectivity index (χ3n) is 4.18. The van der Waals surface area contributed by atoms with E-state index in [0.717, 1.165) is 11.5 Å². The van der Waals surface area contributed by atoms with Crippen LogP contribution in [0, 0.1) is 12.3 Å². The van der Waals surface area contributed by atoms with Crippen molar-refractivity contribution < 1.29 is 0 Å². The number of hydrogen-bond donors (Lipinski definition) is 1. The number of thiol groups is 1. The van der Waals surface area contributed by atoms with Crippen molar-refractivity contribution in [2.24, 2.45) is 5.41 Å². The molecule has 1 aliphatic carbocycles. The van der Waals surface area contributed by atoms with E-state index in [4.69, 9.17) is 0 Å². The minimum absolute atomic E-state index is 0.523. The zero-order chi connectivity index (χ0) is 12.8. The van der Waals surface area contributed by atoms with Gasteiger partial charge in [-0.15, -0.1) is 0 Å². The molecule has 0 unspecified atom stereocenters. The molecule has 0 N–H and O–H groups in total. The summed E-state index contributed by atoms with van der Waals surface area (Å²) in [7, 11) is 0. The lowest BCUT2D eigenvalue weighted by atomic mass is 9.77. The van der Waals surface area contributed by atoms with Crippen molar-refractivity contribution in [1.29, 1.82) is 0 Å². The van der Waals surface area contributed by atoms with Gasteiger partial charge in [-0.05, 0) is 42.1 Å². The average molecular weight is 281 g/mol. The van der Waals surface area contributed by atoms with Crippen molar-refractivity contribution in [3.05, 3.63) is 35.4 Å². The molecule has 0 amide bonds. The lowest BCUT2D eigenvalue weighted by molar-refractivity contribution is 0.259. The molecule has 0 spiro atoms. The fraction of sp³-hybridized carbons (Fsp3) is 0.625. The van der Waals surface area contributed by atoms with Gasteiger partial charge < -0.3 is 0 Å². The van der Waals surface area contributed by atoms with Gasteiger partial charge in [0, 0.05) is 11.5 Å². The summed E-state index contributed by atoms with van der Waals surface area (Å²) >= 11 is 6.72. The molecule has 2 rings (SSSR count). The van der Waals surface area contributed by atoms with Crippen molar-refractivity contribution in [3.8, 4) is 0 Å². The highest BCUT2D eigenvalue weighted by atomic mass is 32.2. The predicted molar refractivity (Wildman–Crippen MR) is 86.7 cm³/mol. The normalized spacial score (nSPS) is 18.8. The summed E-state index contributed by atoms with van der Waals surface area (Å²) in [6.45, 7) is 2.21. The van der Waals surface area contributed by atoms with Crippen LogP contribution in [0.3, 0.4) is 0 Å². The van der Waals surface area contributed by atoms with Crippen LogP contribution in [-0.2, 0) is 5.75 Å². The first-order valence-corrected chi connectivity index (χ1v) is 8.78. The fourth-order valence-electron chi connectivity index (χ4n) is 2.80. The Kier molecular flexibility index (Phi) is 5.50. The van der Waals surface area contributed by atoms with Gasteiger partial charge in [-0.1, -0.05) is 43.5 Å². The quantitative estimate of drug-likeness (QED) is 0.731. The lowest BCUT2D eigenvalue weighted by Gasteiger charge is -2.35. The highest BCUT2D eigenvalue weighted by Crippen LogP contribution is 2.40. The molecule has 100 valence electrons. The Morgan fingerprint density at radius 2 is 1.89 bits per heavy atom.